The second-order valence-electron chi connectivity index (χ2n) is 5.10. The monoisotopic (exact) mass is 293 g/mol. The van der Waals surface area contributed by atoms with Crippen molar-refractivity contribution in [1.82, 2.24) is 9.44 Å². The number of nitrogens with two attached hydrogens (primary N) is 1. The molecule has 8 heteroatoms. The van der Waals surface area contributed by atoms with Crippen LogP contribution in [-0.2, 0) is 14.9 Å². The lowest BCUT2D eigenvalue weighted by molar-refractivity contribution is 0.158. The van der Waals surface area contributed by atoms with Crippen LogP contribution in [0.2, 0.25) is 0 Å². The molecule has 0 radical (unpaired) electrons. The predicted molar refractivity (Wildman–Crippen MR) is 71.6 cm³/mol. The highest BCUT2D eigenvalue weighted by Gasteiger charge is 2.37. The quantitative estimate of drug-likeness (QED) is 0.682. The summed E-state index contributed by atoms with van der Waals surface area (Å²) in [5.74, 6) is 0.571. The fourth-order valence-electron chi connectivity index (χ4n) is 2.24. The molecule has 0 saturated heterocycles. The van der Waals surface area contributed by atoms with Gasteiger partial charge < -0.3 is 10.5 Å². The number of rotatable bonds is 5. The van der Waals surface area contributed by atoms with Crippen molar-refractivity contribution in [3.63, 3.8) is 0 Å². The van der Waals surface area contributed by atoms with Crippen molar-refractivity contribution in [1.29, 1.82) is 0 Å². The van der Waals surface area contributed by atoms with Crippen LogP contribution >= 0.6 is 0 Å². The van der Waals surface area contributed by atoms with Crippen molar-refractivity contribution in [3.8, 4) is 0 Å². The fourth-order valence-corrected chi connectivity index (χ4v) is 3.43. The van der Waals surface area contributed by atoms with E-state index in [-0.39, 0.29) is 13.2 Å². The predicted octanol–water partition coefficient (Wildman–Crippen LogP) is 0.475. The van der Waals surface area contributed by atoms with Gasteiger partial charge in [0.15, 0.2) is 0 Å². The van der Waals surface area contributed by atoms with E-state index < -0.39 is 21.8 Å². The Labute approximate surface area is 114 Å². The summed E-state index contributed by atoms with van der Waals surface area (Å²) in [6, 6.07) is 0. The average molecular weight is 293 g/mol. The van der Waals surface area contributed by atoms with E-state index in [9.17, 15) is 13.2 Å². The van der Waals surface area contributed by atoms with E-state index in [1.807, 2.05) is 4.72 Å². The summed E-state index contributed by atoms with van der Waals surface area (Å²) >= 11 is 0. The Hall–Kier alpha value is -0.860. The molecule has 112 valence electrons. The van der Waals surface area contributed by atoms with Crippen molar-refractivity contribution in [2.24, 2.45) is 11.7 Å². The first-order valence-corrected chi connectivity index (χ1v) is 7.99. The first kappa shape index (κ1) is 16.2. The lowest BCUT2D eigenvalue weighted by Crippen LogP contribution is -2.58. The van der Waals surface area contributed by atoms with Gasteiger partial charge in [0.25, 0.3) is 0 Å². The Morgan fingerprint density at radius 1 is 1.42 bits per heavy atom. The van der Waals surface area contributed by atoms with Crippen molar-refractivity contribution in [2.45, 2.75) is 45.1 Å². The molecule has 0 unspecified atom stereocenters. The number of nitrogens with one attached hydrogen (secondary N) is 2. The summed E-state index contributed by atoms with van der Waals surface area (Å²) in [4.78, 5) is 11.2. The topological polar surface area (TPSA) is 111 Å². The van der Waals surface area contributed by atoms with E-state index in [1.54, 1.807) is 6.92 Å². The van der Waals surface area contributed by atoms with Crippen LogP contribution in [0.15, 0.2) is 0 Å². The van der Waals surface area contributed by atoms with Gasteiger partial charge in [-0.25, -0.2) is 9.52 Å². The van der Waals surface area contributed by atoms with E-state index in [1.165, 1.54) is 0 Å². The minimum Gasteiger partial charge on any atom is -0.449 e. The third-order valence-corrected chi connectivity index (χ3v) is 4.60. The highest BCUT2D eigenvalue weighted by Crippen LogP contribution is 2.31. The van der Waals surface area contributed by atoms with Crippen molar-refractivity contribution < 1.29 is 17.9 Å². The lowest BCUT2D eigenvalue weighted by atomic mass is 9.78. The smallest absolute Gasteiger partial charge is 0.421 e. The van der Waals surface area contributed by atoms with Crippen LogP contribution in [0.3, 0.4) is 0 Å². The van der Waals surface area contributed by atoms with Gasteiger partial charge in [-0.3, -0.25) is 0 Å². The SMILES string of the molecule is CCOC(=O)NS(=O)(=O)NC1(CN)CCC(C)CC1. The van der Waals surface area contributed by atoms with Gasteiger partial charge in [-0.15, -0.1) is 0 Å². The van der Waals surface area contributed by atoms with Gasteiger partial charge in [-0.2, -0.15) is 13.1 Å². The third kappa shape index (κ3) is 4.96. The largest absolute Gasteiger partial charge is 0.449 e. The molecule has 0 heterocycles. The average Bonchev–Trinajstić information content (AvgIpc) is 2.31. The molecular weight excluding hydrogens is 270 g/mol. The number of hydrogen-bond donors (Lipinski definition) is 3. The molecule has 1 aliphatic carbocycles. The zero-order valence-electron chi connectivity index (χ0n) is 11.4. The minimum atomic E-state index is -3.95. The van der Waals surface area contributed by atoms with E-state index in [4.69, 9.17) is 5.73 Å². The molecule has 0 atom stereocenters. The van der Waals surface area contributed by atoms with Crippen LogP contribution in [-0.4, -0.2) is 33.2 Å². The normalized spacial score (nSPS) is 27.8. The van der Waals surface area contributed by atoms with Crippen LogP contribution < -0.4 is 15.2 Å². The highest BCUT2D eigenvalue weighted by atomic mass is 32.2. The molecule has 1 rings (SSSR count). The van der Waals surface area contributed by atoms with Gasteiger partial charge in [0.05, 0.1) is 6.61 Å². The molecule has 0 aromatic carbocycles. The van der Waals surface area contributed by atoms with Crippen LogP contribution in [0.1, 0.15) is 39.5 Å². The van der Waals surface area contributed by atoms with E-state index in [0.717, 1.165) is 12.8 Å². The Balaban J connectivity index is 2.66. The summed E-state index contributed by atoms with van der Waals surface area (Å²) in [6.07, 6.45) is 2.20. The number of carbonyl (C=O) groups excluding carboxylic acids is 1. The van der Waals surface area contributed by atoms with Crippen molar-refractivity contribution in [3.05, 3.63) is 0 Å². The first-order valence-electron chi connectivity index (χ1n) is 6.51. The second kappa shape index (κ2) is 6.53. The van der Waals surface area contributed by atoms with E-state index >= 15 is 0 Å². The maximum Gasteiger partial charge on any atom is 0.421 e. The molecule has 0 spiro atoms. The van der Waals surface area contributed by atoms with Gasteiger partial charge in [0.2, 0.25) is 0 Å². The maximum absolute atomic E-state index is 11.9. The molecular formula is C11H23N3O4S. The van der Waals surface area contributed by atoms with Gasteiger partial charge >= 0.3 is 16.3 Å². The lowest BCUT2D eigenvalue weighted by Gasteiger charge is -2.38. The van der Waals surface area contributed by atoms with Gasteiger partial charge in [0.1, 0.15) is 0 Å². The number of amides is 1. The summed E-state index contributed by atoms with van der Waals surface area (Å²) in [5, 5.41) is 0. The third-order valence-electron chi connectivity index (χ3n) is 3.47. The molecule has 0 bridgehead atoms. The molecule has 1 fully saturated rings. The molecule has 0 aromatic heterocycles. The molecule has 1 aliphatic rings. The Morgan fingerprint density at radius 3 is 2.47 bits per heavy atom. The highest BCUT2D eigenvalue weighted by molar-refractivity contribution is 7.88. The second-order valence-corrected chi connectivity index (χ2v) is 6.51. The molecule has 0 aromatic rings. The summed E-state index contributed by atoms with van der Waals surface area (Å²) in [6.45, 7) is 4.06. The molecule has 1 amide bonds. The first-order chi connectivity index (χ1) is 8.82. The van der Waals surface area contributed by atoms with Crippen LogP contribution in [0.25, 0.3) is 0 Å². The zero-order chi connectivity index (χ0) is 14.5. The molecule has 19 heavy (non-hydrogen) atoms. The summed E-state index contributed by atoms with van der Waals surface area (Å²) in [7, 11) is -3.95. The van der Waals surface area contributed by atoms with Gasteiger partial charge in [-0.05, 0) is 38.5 Å². The van der Waals surface area contributed by atoms with Crippen molar-refractivity contribution >= 4 is 16.3 Å². The Morgan fingerprint density at radius 2 is 2.00 bits per heavy atom. The summed E-state index contributed by atoms with van der Waals surface area (Å²) in [5.41, 5.74) is 5.05. The summed E-state index contributed by atoms with van der Waals surface area (Å²) < 4.78 is 32.6. The van der Waals surface area contributed by atoms with E-state index in [0.29, 0.717) is 18.8 Å². The van der Waals surface area contributed by atoms with Crippen molar-refractivity contribution in [2.75, 3.05) is 13.2 Å². The Bertz CT molecular complexity index is 402. The molecule has 7 nitrogen and oxygen atoms in total. The molecule has 4 N–H and O–H groups in total. The minimum absolute atomic E-state index is 0.112. The maximum atomic E-state index is 11.9. The van der Waals surface area contributed by atoms with Crippen LogP contribution in [0, 0.1) is 5.92 Å². The zero-order valence-corrected chi connectivity index (χ0v) is 12.3. The van der Waals surface area contributed by atoms with E-state index in [2.05, 4.69) is 16.4 Å². The number of ether oxygens (including phenoxy) is 1. The molecule has 0 aliphatic heterocycles. The van der Waals surface area contributed by atoms with Gasteiger partial charge in [-0.1, -0.05) is 6.92 Å². The van der Waals surface area contributed by atoms with Crippen LogP contribution in [0.4, 0.5) is 4.79 Å². The molecule has 1 saturated carbocycles. The number of carbonyl (C=O) groups is 1. The fraction of sp³-hybridized carbons (Fsp3) is 0.909. The standard InChI is InChI=1S/C11H23N3O4S/c1-3-18-10(15)13-19(16,17)14-11(8-12)6-4-9(2)5-7-11/h9,14H,3-8,12H2,1-2H3,(H,13,15). The van der Waals surface area contributed by atoms with Crippen LogP contribution in [0.5, 0.6) is 0 Å². The Kier molecular flexibility index (Phi) is 5.57. The van der Waals surface area contributed by atoms with Gasteiger partial charge in [0, 0.05) is 12.1 Å². The number of hydrogen-bond acceptors (Lipinski definition) is 5.